The van der Waals surface area contributed by atoms with Gasteiger partial charge in [0.25, 0.3) is 0 Å². The summed E-state index contributed by atoms with van der Waals surface area (Å²) >= 11 is 0. The Morgan fingerprint density at radius 2 is 1.44 bits per heavy atom. The normalized spacial score (nSPS) is 55.5. The molecule has 0 aromatic heterocycles. The van der Waals surface area contributed by atoms with Gasteiger partial charge in [0.1, 0.15) is 6.04 Å². The molecule has 1 unspecified atom stereocenters. The minimum absolute atomic E-state index is 1.03. The molecular weight excluding hydrogens is 196 g/mol. The lowest BCUT2D eigenvalue weighted by Crippen LogP contribution is -2.70. The van der Waals surface area contributed by atoms with Gasteiger partial charge in [0.15, 0.2) is 0 Å². The van der Waals surface area contributed by atoms with E-state index in [0.717, 1.165) is 17.9 Å². The van der Waals surface area contributed by atoms with Crippen molar-refractivity contribution in [3.63, 3.8) is 0 Å². The fraction of sp³-hybridized carbons (Fsp3) is 1.00. The van der Waals surface area contributed by atoms with Crippen molar-refractivity contribution in [1.29, 1.82) is 0 Å². The molecule has 4 bridgehead atoms. The number of quaternary nitrogens is 1. The zero-order valence-electron chi connectivity index (χ0n) is 10.4. The highest BCUT2D eigenvalue weighted by Gasteiger charge is 2.50. The second kappa shape index (κ2) is 3.46. The predicted molar refractivity (Wildman–Crippen MR) is 65.2 cm³/mol. The first-order valence-electron chi connectivity index (χ1n) is 7.44. The molecule has 0 aromatic carbocycles. The van der Waals surface area contributed by atoms with Gasteiger partial charge in [-0.15, -0.1) is 0 Å². The highest BCUT2D eigenvalue weighted by atomic mass is 15.4. The number of piperidine rings is 6. The Hall–Kier alpha value is -0.0800. The Morgan fingerprint density at radius 1 is 0.812 bits per heavy atom. The Balaban J connectivity index is 1.60. The molecule has 0 N–H and O–H groups in total. The second-order valence-corrected chi connectivity index (χ2v) is 6.83. The van der Waals surface area contributed by atoms with E-state index < -0.39 is 0 Å². The van der Waals surface area contributed by atoms with Gasteiger partial charge in [0.05, 0.1) is 26.2 Å². The summed E-state index contributed by atoms with van der Waals surface area (Å²) in [6.45, 7) is 8.84. The lowest BCUT2D eigenvalue weighted by atomic mass is 9.77. The quantitative estimate of drug-likeness (QED) is 0.609. The number of hydrogen-bond donors (Lipinski definition) is 0. The van der Waals surface area contributed by atoms with Gasteiger partial charge < -0.3 is 4.48 Å². The van der Waals surface area contributed by atoms with Crippen molar-refractivity contribution in [2.24, 2.45) is 11.8 Å². The van der Waals surface area contributed by atoms with E-state index in [4.69, 9.17) is 0 Å². The average molecular weight is 221 g/mol. The van der Waals surface area contributed by atoms with Gasteiger partial charge >= 0.3 is 0 Å². The van der Waals surface area contributed by atoms with E-state index in [1.807, 2.05) is 0 Å². The van der Waals surface area contributed by atoms with Gasteiger partial charge in [-0.3, -0.25) is 4.90 Å². The van der Waals surface area contributed by atoms with Crippen molar-refractivity contribution in [3.8, 4) is 0 Å². The Kier molecular flexibility index (Phi) is 2.14. The van der Waals surface area contributed by atoms with Gasteiger partial charge in [-0.1, -0.05) is 0 Å². The van der Waals surface area contributed by atoms with Crippen LogP contribution in [0.2, 0.25) is 0 Å². The molecule has 0 aliphatic carbocycles. The Bertz CT molecular complexity index is 259. The van der Waals surface area contributed by atoms with Gasteiger partial charge in [0, 0.05) is 5.92 Å². The highest BCUT2D eigenvalue weighted by molar-refractivity contribution is 4.90. The van der Waals surface area contributed by atoms with Crippen LogP contribution in [0.4, 0.5) is 0 Å². The summed E-state index contributed by atoms with van der Waals surface area (Å²) < 4.78 is 1.54. The van der Waals surface area contributed by atoms with E-state index >= 15 is 0 Å². The second-order valence-electron chi connectivity index (χ2n) is 6.83. The molecule has 6 aliphatic heterocycles. The maximum atomic E-state index is 2.75. The molecule has 0 spiro atoms. The molecule has 0 aromatic rings. The van der Waals surface area contributed by atoms with Crippen molar-refractivity contribution >= 4 is 0 Å². The monoisotopic (exact) mass is 221 g/mol. The summed E-state index contributed by atoms with van der Waals surface area (Å²) in [5, 5.41) is 0. The molecule has 2 heteroatoms. The summed E-state index contributed by atoms with van der Waals surface area (Å²) in [6, 6.07) is 1.03. The molecule has 2 nitrogen and oxygen atoms in total. The van der Waals surface area contributed by atoms with Crippen LogP contribution in [0.3, 0.4) is 0 Å². The molecule has 6 aliphatic rings. The van der Waals surface area contributed by atoms with Crippen LogP contribution in [0.15, 0.2) is 0 Å². The van der Waals surface area contributed by atoms with Crippen LogP contribution in [-0.4, -0.2) is 54.7 Å². The van der Waals surface area contributed by atoms with E-state index in [2.05, 4.69) is 4.90 Å². The number of nitrogens with zero attached hydrogens (tertiary/aromatic N) is 2. The van der Waals surface area contributed by atoms with Gasteiger partial charge in [-0.05, 0) is 51.1 Å². The number of fused-ring (bicyclic) bond motifs is 6. The molecule has 0 radical (unpaired) electrons. The lowest BCUT2D eigenvalue weighted by Gasteiger charge is -2.59. The zero-order chi connectivity index (χ0) is 10.6. The van der Waals surface area contributed by atoms with Crippen LogP contribution in [0.5, 0.6) is 0 Å². The van der Waals surface area contributed by atoms with Crippen LogP contribution < -0.4 is 0 Å². The molecule has 6 saturated heterocycles. The van der Waals surface area contributed by atoms with Gasteiger partial charge in [-0.25, -0.2) is 0 Å². The maximum absolute atomic E-state index is 2.75. The molecule has 6 rings (SSSR count). The summed E-state index contributed by atoms with van der Waals surface area (Å²) in [5.74, 6) is 2.20. The van der Waals surface area contributed by atoms with E-state index in [1.54, 1.807) is 19.3 Å². The zero-order valence-corrected chi connectivity index (χ0v) is 10.4. The first-order valence-corrected chi connectivity index (χ1v) is 7.44. The summed E-state index contributed by atoms with van der Waals surface area (Å²) in [7, 11) is 0. The molecule has 6 heterocycles. The van der Waals surface area contributed by atoms with Crippen molar-refractivity contribution in [2.75, 3.05) is 39.3 Å². The van der Waals surface area contributed by atoms with Gasteiger partial charge in [-0.2, -0.15) is 0 Å². The van der Waals surface area contributed by atoms with E-state index in [-0.39, 0.29) is 0 Å². The van der Waals surface area contributed by atoms with Crippen LogP contribution in [0.25, 0.3) is 0 Å². The summed E-state index contributed by atoms with van der Waals surface area (Å²) in [5.41, 5.74) is 0. The molecule has 90 valence electrons. The number of rotatable bonds is 1. The standard InChI is InChI=1S/C14H25N2/c1-6-15-7-2-13(1)14(11-15)16-8-3-12(4-9-16)5-10-16/h12-14H,1-11H2/q+1. The lowest BCUT2D eigenvalue weighted by molar-refractivity contribution is -0.969. The highest BCUT2D eigenvalue weighted by Crippen LogP contribution is 2.42. The summed E-state index contributed by atoms with van der Waals surface area (Å²) in [4.78, 5) is 2.75. The first kappa shape index (κ1) is 9.90. The van der Waals surface area contributed by atoms with Crippen LogP contribution in [0, 0.1) is 11.8 Å². The SMILES string of the molecule is C1C[N+]2(C3CN4CCC3CC4)CCC1CC2. The molecule has 0 amide bonds. The van der Waals surface area contributed by atoms with Crippen LogP contribution >= 0.6 is 0 Å². The minimum Gasteiger partial charge on any atom is -0.320 e. The van der Waals surface area contributed by atoms with Crippen LogP contribution in [0.1, 0.15) is 32.1 Å². The van der Waals surface area contributed by atoms with Crippen LogP contribution in [-0.2, 0) is 0 Å². The van der Waals surface area contributed by atoms with E-state index in [0.29, 0.717) is 0 Å². The molecule has 6 fully saturated rings. The fourth-order valence-electron chi connectivity index (χ4n) is 5.14. The third-order valence-electron chi connectivity index (χ3n) is 6.27. The third kappa shape index (κ3) is 1.32. The minimum atomic E-state index is 1.03. The fourth-order valence-corrected chi connectivity index (χ4v) is 5.14. The molecule has 0 saturated carbocycles. The first-order chi connectivity index (χ1) is 7.86. The van der Waals surface area contributed by atoms with Crippen molar-refractivity contribution < 1.29 is 4.48 Å². The predicted octanol–water partition coefficient (Wildman–Crippen LogP) is 1.71. The summed E-state index contributed by atoms with van der Waals surface area (Å²) in [6.07, 6.45) is 7.65. The maximum Gasteiger partial charge on any atom is 0.105 e. The van der Waals surface area contributed by atoms with Crippen molar-refractivity contribution in [1.82, 2.24) is 4.90 Å². The number of hydrogen-bond acceptors (Lipinski definition) is 1. The largest absolute Gasteiger partial charge is 0.320 e. The smallest absolute Gasteiger partial charge is 0.105 e. The van der Waals surface area contributed by atoms with E-state index in [9.17, 15) is 0 Å². The van der Waals surface area contributed by atoms with Crippen molar-refractivity contribution in [2.45, 2.75) is 38.1 Å². The van der Waals surface area contributed by atoms with Gasteiger partial charge in [0.2, 0.25) is 0 Å². The Labute approximate surface area is 99.2 Å². The average Bonchev–Trinajstić information content (AvgIpc) is 2.42. The molecular formula is C14H25N2+. The van der Waals surface area contributed by atoms with Crippen molar-refractivity contribution in [3.05, 3.63) is 0 Å². The third-order valence-corrected chi connectivity index (χ3v) is 6.27. The molecule has 1 atom stereocenters. The molecule has 16 heavy (non-hydrogen) atoms. The van der Waals surface area contributed by atoms with E-state index in [1.165, 1.54) is 56.6 Å². The topological polar surface area (TPSA) is 3.24 Å². The Morgan fingerprint density at radius 3 is 1.94 bits per heavy atom.